The molecule has 3 nitrogen and oxygen atoms in total. The number of carboxylic acid groups (broad SMARTS) is 1. The van der Waals surface area contributed by atoms with E-state index in [9.17, 15) is 18.0 Å². The Morgan fingerprint density at radius 1 is 1.25 bits per heavy atom. The zero-order valence-corrected chi connectivity index (χ0v) is 10.8. The Morgan fingerprint density at radius 2 is 1.95 bits per heavy atom. The Morgan fingerprint density at radius 3 is 2.60 bits per heavy atom. The summed E-state index contributed by atoms with van der Waals surface area (Å²) in [6, 6.07) is 5.21. The molecule has 2 N–H and O–H groups in total. The van der Waals surface area contributed by atoms with Crippen LogP contribution in [-0.4, -0.2) is 23.3 Å². The smallest absolute Gasteiger partial charge is 0.393 e. The van der Waals surface area contributed by atoms with Gasteiger partial charge in [-0.05, 0) is 31.0 Å². The minimum atomic E-state index is -4.22. The second-order valence-corrected chi connectivity index (χ2v) is 5.07. The largest absolute Gasteiger partial charge is 0.478 e. The van der Waals surface area contributed by atoms with E-state index in [0.29, 0.717) is 18.5 Å². The summed E-state index contributed by atoms with van der Waals surface area (Å²) in [6.07, 6.45) is -2.32. The maximum Gasteiger partial charge on any atom is 0.393 e. The van der Waals surface area contributed by atoms with Crippen LogP contribution in [0.3, 0.4) is 0 Å². The number of hydrogen-bond acceptors (Lipinski definition) is 2. The van der Waals surface area contributed by atoms with Gasteiger partial charge in [0, 0.05) is 11.7 Å². The van der Waals surface area contributed by atoms with Crippen LogP contribution in [0.2, 0.25) is 0 Å². The summed E-state index contributed by atoms with van der Waals surface area (Å²) in [5.41, 5.74) is 0.486. The lowest BCUT2D eigenvalue weighted by atomic mass is 9.84. The Kier molecular flexibility index (Phi) is 4.20. The molecule has 0 bridgehead atoms. The van der Waals surface area contributed by atoms with Crippen LogP contribution in [0.4, 0.5) is 18.9 Å². The highest BCUT2D eigenvalue weighted by atomic mass is 19.4. The van der Waals surface area contributed by atoms with Gasteiger partial charge < -0.3 is 10.4 Å². The Labute approximate surface area is 114 Å². The molecule has 0 aliphatic heterocycles. The van der Waals surface area contributed by atoms with Crippen molar-refractivity contribution in [3.05, 3.63) is 29.8 Å². The number of rotatable bonds is 3. The highest BCUT2D eigenvalue weighted by molar-refractivity contribution is 5.88. The number of aromatic carboxylic acids is 1. The van der Waals surface area contributed by atoms with E-state index in [0.717, 1.165) is 6.42 Å². The minimum absolute atomic E-state index is 0.0642. The number of carbonyl (C=O) groups is 1. The van der Waals surface area contributed by atoms with Gasteiger partial charge >= 0.3 is 12.1 Å². The highest BCUT2D eigenvalue weighted by Gasteiger charge is 2.45. The Hall–Kier alpha value is -1.72. The summed E-state index contributed by atoms with van der Waals surface area (Å²) >= 11 is 0. The van der Waals surface area contributed by atoms with Crippen molar-refractivity contribution in [1.82, 2.24) is 0 Å². The van der Waals surface area contributed by atoms with E-state index in [-0.39, 0.29) is 12.0 Å². The summed E-state index contributed by atoms with van der Waals surface area (Å²) in [6.45, 7) is 0. The van der Waals surface area contributed by atoms with Crippen LogP contribution in [0.25, 0.3) is 0 Å². The van der Waals surface area contributed by atoms with Crippen molar-refractivity contribution in [2.75, 3.05) is 5.32 Å². The summed E-state index contributed by atoms with van der Waals surface area (Å²) < 4.78 is 38.9. The molecular weight excluding hydrogens is 271 g/mol. The molecule has 20 heavy (non-hydrogen) atoms. The van der Waals surface area contributed by atoms with Crippen molar-refractivity contribution in [2.45, 2.75) is 37.9 Å². The number of alkyl halides is 3. The van der Waals surface area contributed by atoms with Gasteiger partial charge in [-0.25, -0.2) is 4.79 Å². The Balaban J connectivity index is 2.14. The van der Waals surface area contributed by atoms with Crippen molar-refractivity contribution in [2.24, 2.45) is 5.92 Å². The summed E-state index contributed by atoms with van der Waals surface area (Å²) in [7, 11) is 0. The number of benzene rings is 1. The molecule has 1 aliphatic rings. The molecule has 0 aromatic heterocycles. The number of hydrogen-bond donors (Lipinski definition) is 2. The molecule has 0 spiro atoms. The van der Waals surface area contributed by atoms with Gasteiger partial charge in [-0.15, -0.1) is 0 Å². The first kappa shape index (κ1) is 14.7. The molecule has 6 heteroatoms. The molecule has 0 radical (unpaired) electrons. The van der Waals surface area contributed by atoms with Gasteiger partial charge in [0.2, 0.25) is 0 Å². The molecule has 0 amide bonds. The molecule has 110 valence electrons. The lowest BCUT2D eigenvalue weighted by Gasteiger charge is -2.34. The van der Waals surface area contributed by atoms with E-state index >= 15 is 0 Å². The average Bonchev–Trinajstić information content (AvgIpc) is 2.38. The molecule has 1 saturated carbocycles. The first-order chi connectivity index (χ1) is 9.38. The Bertz CT molecular complexity index is 488. The van der Waals surface area contributed by atoms with Gasteiger partial charge in [-0.2, -0.15) is 13.2 Å². The lowest BCUT2D eigenvalue weighted by molar-refractivity contribution is -0.184. The van der Waals surface area contributed by atoms with Crippen LogP contribution >= 0.6 is 0 Å². The van der Waals surface area contributed by atoms with Gasteiger partial charge in [0.15, 0.2) is 0 Å². The molecule has 0 saturated heterocycles. The third kappa shape index (κ3) is 3.43. The second kappa shape index (κ2) is 5.73. The standard InChI is InChI=1S/C14H16F3NO2/c15-14(16,17)11-6-1-2-7-12(11)18-10-5-3-4-9(8-10)13(19)20/h3-5,8,11-12,18H,1-2,6-7H2,(H,19,20). The first-order valence-electron chi connectivity index (χ1n) is 6.54. The van der Waals surface area contributed by atoms with Gasteiger partial charge in [-0.1, -0.05) is 18.9 Å². The van der Waals surface area contributed by atoms with Gasteiger partial charge in [0.05, 0.1) is 11.5 Å². The van der Waals surface area contributed by atoms with E-state index in [1.54, 1.807) is 6.07 Å². The zero-order valence-electron chi connectivity index (χ0n) is 10.8. The normalized spacial score (nSPS) is 23.4. The molecule has 2 unspecified atom stereocenters. The van der Waals surface area contributed by atoms with Gasteiger partial charge in [0.1, 0.15) is 0 Å². The number of halogens is 3. The van der Waals surface area contributed by atoms with Crippen molar-refractivity contribution in [1.29, 1.82) is 0 Å². The summed E-state index contributed by atoms with van der Waals surface area (Å²) in [5, 5.41) is 11.7. The monoisotopic (exact) mass is 287 g/mol. The van der Waals surface area contributed by atoms with E-state index < -0.39 is 24.1 Å². The molecule has 1 aromatic carbocycles. The maximum atomic E-state index is 13.0. The summed E-state index contributed by atoms with van der Waals surface area (Å²) in [5.74, 6) is -2.46. The van der Waals surface area contributed by atoms with Gasteiger partial charge in [-0.3, -0.25) is 0 Å². The van der Waals surface area contributed by atoms with Crippen LogP contribution in [0, 0.1) is 5.92 Å². The van der Waals surface area contributed by atoms with Gasteiger partial charge in [0.25, 0.3) is 0 Å². The molecule has 1 aliphatic carbocycles. The molecule has 1 aromatic rings. The van der Waals surface area contributed by atoms with E-state index in [1.165, 1.54) is 18.2 Å². The maximum absolute atomic E-state index is 13.0. The predicted octanol–water partition coefficient (Wildman–Crippen LogP) is 3.92. The highest BCUT2D eigenvalue weighted by Crippen LogP contribution is 2.39. The molecule has 1 fully saturated rings. The topological polar surface area (TPSA) is 49.3 Å². The predicted molar refractivity (Wildman–Crippen MR) is 68.8 cm³/mol. The van der Waals surface area contributed by atoms with Crippen molar-refractivity contribution in [3.63, 3.8) is 0 Å². The quantitative estimate of drug-likeness (QED) is 0.886. The molecular formula is C14H16F3NO2. The van der Waals surface area contributed by atoms with Crippen LogP contribution in [0.5, 0.6) is 0 Å². The third-order valence-corrected chi connectivity index (χ3v) is 3.65. The molecule has 2 rings (SSSR count). The molecule has 0 heterocycles. The van der Waals surface area contributed by atoms with Crippen LogP contribution in [-0.2, 0) is 0 Å². The fourth-order valence-electron chi connectivity index (χ4n) is 2.65. The fourth-order valence-corrected chi connectivity index (χ4v) is 2.65. The zero-order chi connectivity index (χ0) is 14.8. The minimum Gasteiger partial charge on any atom is -0.478 e. The number of nitrogens with one attached hydrogen (secondary N) is 1. The van der Waals surface area contributed by atoms with Crippen molar-refractivity contribution in [3.8, 4) is 0 Å². The first-order valence-corrected chi connectivity index (χ1v) is 6.54. The van der Waals surface area contributed by atoms with Crippen LogP contribution in [0.15, 0.2) is 24.3 Å². The fraction of sp³-hybridized carbons (Fsp3) is 0.500. The lowest BCUT2D eigenvalue weighted by Crippen LogP contribution is -2.41. The SMILES string of the molecule is O=C(O)c1cccc(NC2CCCCC2C(F)(F)F)c1. The van der Waals surface area contributed by atoms with Crippen LogP contribution < -0.4 is 5.32 Å². The van der Waals surface area contributed by atoms with Crippen LogP contribution in [0.1, 0.15) is 36.0 Å². The third-order valence-electron chi connectivity index (χ3n) is 3.65. The average molecular weight is 287 g/mol. The van der Waals surface area contributed by atoms with E-state index in [2.05, 4.69) is 5.32 Å². The van der Waals surface area contributed by atoms with Crippen molar-refractivity contribution < 1.29 is 23.1 Å². The number of carboxylic acids is 1. The second-order valence-electron chi connectivity index (χ2n) is 5.07. The van der Waals surface area contributed by atoms with E-state index in [1.807, 2.05) is 0 Å². The molecule has 2 atom stereocenters. The van der Waals surface area contributed by atoms with E-state index in [4.69, 9.17) is 5.11 Å². The van der Waals surface area contributed by atoms with Crippen molar-refractivity contribution >= 4 is 11.7 Å². The summed E-state index contributed by atoms with van der Waals surface area (Å²) in [4.78, 5) is 10.9. The number of anilines is 1.